The minimum atomic E-state index is -0.395. The summed E-state index contributed by atoms with van der Waals surface area (Å²) in [6, 6.07) is 19.3. The van der Waals surface area contributed by atoms with Crippen LogP contribution in [0.25, 0.3) is 0 Å². The summed E-state index contributed by atoms with van der Waals surface area (Å²) >= 11 is 0. The fraction of sp³-hybridized carbons (Fsp3) is 0.238. The first-order valence-electron chi connectivity index (χ1n) is 8.34. The van der Waals surface area contributed by atoms with Gasteiger partial charge >= 0.3 is 0 Å². The number of amides is 1. The highest BCUT2D eigenvalue weighted by Crippen LogP contribution is 2.23. The fourth-order valence-electron chi connectivity index (χ4n) is 2.53. The third kappa shape index (κ3) is 4.95. The summed E-state index contributed by atoms with van der Waals surface area (Å²) in [7, 11) is 0. The van der Waals surface area contributed by atoms with Crippen LogP contribution in [-0.2, 0) is 4.79 Å². The van der Waals surface area contributed by atoms with Crippen molar-refractivity contribution >= 4 is 11.6 Å². The number of carbonyl (C=O) groups is 1. The van der Waals surface area contributed by atoms with Gasteiger partial charge in [-0.3, -0.25) is 4.79 Å². The predicted octanol–water partition coefficient (Wildman–Crippen LogP) is 4.51. The molecule has 0 aromatic heterocycles. The summed E-state index contributed by atoms with van der Waals surface area (Å²) in [4.78, 5) is 12.4. The summed E-state index contributed by atoms with van der Waals surface area (Å²) < 4.78 is 0. The standard InChI is InChI=1S/C21H23N3O/c1-15(2)19-11-7-8-12-20(19)23-14-18(13-22)21(25)24-16(3)17-9-5-4-6-10-17/h4-12,14-16,23H,1-3H3,(H,24,25)/b18-14-. The van der Waals surface area contributed by atoms with Crippen LogP contribution in [0.5, 0.6) is 0 Å². The van der Waals surface area contributed by atoms with Crippen molar-refractivity contribution in [3.8, 4) is 6.07 Å². The van der Waals surface area contributed by atoms with Crippen molar-refractivity contribution in [3.05, 3.63) is 77.5 Å². The van der Waals surface area contributed by atoms with Crippen molar-refractivity contribution < 1.29 is 4.79 Å². The Bertz CT molecular complexity index is 788. The highest BCUT2D eigenvalue weighted by atomic mass is 16.1. The van der Waals surface area contributed by atoms with E-state index in [4.69, 9.17) is 0 Å². The van der Waals surface area contributed by atoms with Crippen LogP contribution in [-0.4, -0.2) is 5.91 Å². The van der Waals surface area contributed by atoms with E-state index in [9.17, 15) is 10.1 Å². The lowest BCUT2D eigenvalue weighted by Gasteiger charge is -2.15. The second-order valence-electron chi connectivity index (χ2n) is 6.16. The molecule has 0 spiro atoms. The first-order valence-corrected chi connectivity index (χ1v) is 8.34. The lowest BCUT2D eigenvalue weighted by molar-refractivity contribution is -0.117. The minimum absolute atomic E-state index is 0.0429. The molecule has 1 unspecified atom stereocenters. The Morgan fingerprint density at radius 2 is 1.68 bits per heavy atom. The van der Waals surface area contributed by atoms with Gasteiger partial charge in [-0.25, -0.2) is 0 Å². The van der Waals surface area contributed by atoms with Crippen molar-refractivity contribution in [1.82, 2.24) is 5.32 Å². The molecular formula is C21H23N3O. The van der Waals surface area contributed by atoms with Gasteiger partial charge < -0.3 is 10.6 Å². The van der Waals surface area contributed by atoms with E-state index in [1.807, 2.05) is 67.6 Å². The topological polar surface area (TPSA) is 64.9 Å². The van der Waals surface area contributed by atoms with E-state index in [0.29, 0.717) is 5.92 Å². The zero-order valence-corrected chi connectivity index (χ0v) is 14.8. The van der Waals surface area contributed by atoms with Crippen LogP contribution in [0.15, 0.2) is 66.4 Å². The fourth-order valence-corrected chi connectivity index (χ4v) is 2.53. The van der Waals surface area contributed by atoms with Crippen molar-refractivity contribution in [2.24, 2.45) is 0 Å². The first kappa shape index (κ1) is 18.3. The lowest BCUT2D eigenvalue weighted by atomic mass is 10.0. The third-order valence-corrected chi connectivity index (χ3v) is 3.97. The molecule has 1 amide bonds. The summed E-state index contributed by atoms with van der Waals surface area (Å²) in [6.45, 7) is 6.09. The first-order chi connectivity index (χ1) is 12.0. The number of para-hydroxylation sites is 1. The molecule has 0 aliphatic carbocycles. The van der Waals surface area contributed by atoms with Crippen molar-refractivity contribution in [2.75, 3.05) is 5.32 Å². The van der Waals surface area contributed by atoms with Gasteiger partial charge in [-0.05, 0) is 30.0 Å². The van der Waals surface area contributed by atoms with Crippen LogP contribution >= 0.6 is 0 Å². The molecule has 2 rings (SSSR count). The zero-order chi connectivity index (χ0) is 18.2. The zero-order valence-electron chi connectivity index (χ0n) is 14.8. The van der Waals surface area contributed by atoms with Crippen LogP contribution in [0, 0.1) is 11.3 Å². The van der Waals surface area contributed by atoms with Crippen molar-refractivity contribution in [2.45, 2.75) is 32.7 Å². The second-order valence-corrected chi connectivity index (χ2v) is 6.16. The maximum absolute atomic E-state index is 12.4. The second kappa shape index (κ2) is 8.70. The van der Waals surface area contributed by atoms with Gasteiger partial charge in [0, 0.05) is 11.9 Å². The summed E-state index contributed by atoms with van der Waals surface area (Å²) in [5, 5.41) is 15.3. The van der Waals surface area contributed by atoms with Gasteiger partial charge in [0.05, 0.1) is 6.04 Å². The Kier molecular flexibility index (Phi) is 6.36. The molecule has 4 heteroatoms. The van der Waals surface area contributed by atoms with Crippen LogP contribution < -0.4 is 10.6 Å². The SMILES string of the molecule is CC(C)c1ccccc1N/C=C(/C#N)C(=O)NC(C)c1ccccc1. The number of carbonyl (C=O) groups excluding carboxylic acids is 1. The molecular weight excluding hydrogens is 310 g/mol. The number of hydrogen-bond donors (Lipinski definition) is 2. The average Bonchev–Trinajstić information content (AvgIpc) is 2.63. The van der Waals surface area contributed by atoms with Gasteiger partial charge in [0.2, 0.25) is 0 Å². The van der Waals surface area contributed by atoms with E-state index in [1.165, 1.54) is 6.20 Å². The van der Waals surface area contributed by atoms with Crippen molar-refractivity contribution in [1.29, 1.82) is 5.26 Å². The highest BCUT2D eigenvalue weighted by molar-refractivity contribution is 5.97. The normalized spacial score (nSPS) is 12.4. The van der Waals surface area contributed by atoms with E-state index >= 15 is 0 Å². The Morgan fingerprint density at radius 3 is 2.32 bits per heavy atom. The van der Waals surface area contributed by atoms with Gasteiger partial charge in [-0.1, -0.05) is 62.4 Å². The monoisotopic (exact) mass is 333 g/mol. The Balaban J connectivity index is 2.10. The largest absolute Gasteiger partial charge is 0.360 e. The molecule has 128 valence electrons. The molecule has 0 saturated carbocycles. The maximum Gasteiger partial charge on any atom is 0.263 e. The van der Waals surface area contributed by atoms with Gasteiger partial charge in [-0.2, -0.15) is 5.26 Å². The number of nitrogens with zero attached hydrogens (tertiary/aromatic N) is 1. The summed E-state index contributed by atoms with van der Waals surface area (Å²) in [5.41, 5.74) is 3.07. The highest BCUT2D eigenvalue weighted by Gasteiger charge is 2.14. The molecule has 4 nitrogen and oxygen atoms in total. The van der Waals surface area contributed by atoms with Crippen LogP contribution in [0.4, 0.5) is 5.69 Å². The van der Waals surface area contributed by atoms with Gasteiger partial charge in [0.25, 0.3) is 5.91 Å². The number of rotatable bonds is 6. The predicted molar refractivity (Wildman–Crippen MR) is 101 cm³/mol. The molecule has 0 bridgehead atoms. The van der Waals surface area contributed by atoms with E-state index in [1.54, 1.807) is 0 Å². The number of nitrogens with one attached hydrogen (secondary N) is 2. The smallest absolute Gasteiger partial charge is 0.263 e. The lowest BCUT2D eigenvalue weighted by Crippen LogP contribution is -2.28. The van der Waals surface area contributed by atoms with Gasteiger partial charge in [0.15, 0.2) is 0 Å². The number of nitriles is 1. The Morgan fingerprint density at radius 1 is 1.04 bits per heavy atom. The quantitative estimate of drug-likeness (QED) is 0.604. The van der Waals surface area contributed by atoms with E-state index in [0.717, 1.165) is 16.8 Å². The Labute approximate surface area is 149 Å². The molecule has 0 aliphatic rings. The number of benzene rings is 2. The van der Waals surface area contributed by atoms with Crippen LogP contribution in [0.3, 0.4) is 0 Å². The molecule has 0 heterocycles. The van der Waals surface area contributed by atoms with E-state index in [2.05, 4.69) is 24.5 Å². The average molecular weight is 333 g/mol. The molecule has 0 fully saturated rings. The summed E-state index contributed by atoms with van der Waals surface area (Å²) in [5.74, 6) is -0.0528. The minimum Gasteiger partial charge on any atom is -0.360 e. The van der Waals surface area contributed by atoms with E-state index in [-0.39, 0.29) is 11.6 Å². The molecule has 0 saturated heterocycles. The molecule has 2 aromatic carbocycles. The van der Waals surface area contributed by atoms with Crippen LogP contribution in [0.2, 0.25) is 0 Å². The van der Waals surface area contributed by atoms with Crippen molar-refractivity contribution in [3.63, 3.8) is 0 Å². The number of anilines is 1. The number of hydrogen-bond acceptors (Lipinski definition) is 3. The van der Waals surface area contributed by atoms with E-state index < -0.39 is 5.91 Å². The van der Waals surface area contributed by atoms with Crippen LogP contribution in [0.1, 0.15) is 43.9 Å². The van der Waals surface area contributed by atoms with Gasteiger partial charge in [0.1, 0.15) is 11.6 Å². The molecule has 2 aromatic rings. The molecule has 1 atom stereocenters. The molecule has 0 radical (unpaired) electrons. The molecule has 0 aliphatic heterocycles. The third-order valence-electron chi connectivity index (χ3n) is 3.97. The molecule has 2 N–H and O–H groups in total. The van der Waals surface area contributed by atoms with Gasteiger partial charge in [-0.15, -0.1) is 0 Å². The molecule has 25 heavy (non-hydrogen) atoms. The maximum atomic E-state index is 12.4. The summed E-state index contributed by atoms with van der Waals surface area (Å²) in [6.07, 6.45) is 1.47. The Hall–Kier alpha value is -3.06.